The summed E-state index contributed by atoms with van der Waals surface area (Å²) in [7, 11) is -1.02. The maximum Gasteiger partial charge on any atom is 0.349 e. The monoisotopic (exact) mass is 353 g/mol. The van der Waals surface area contributed by atoms with Gasteiger partial charge in [0.15, 0.2) is 0 Å². The average Bonchev–Trinajstić information content (AvgIpc) is 2.99. The number of hydrogen-bond donors (Lipinski definition) is 0. The molecule has 1 heterocycles. The molecule has 1 aromatic carbocycles. The molecule has 0 unspecified atom stereocenters. The largest absolute Gasteiger partial charge is 0.465 e. The van der Waals surface area contributed by atoms with Crippen molar-refractivity contribution in [1.82, 2.24) is 4.31 Å². The summed E-state index contributed by atoms with van der Waals surface area (Å²) in [6.07, 6.45) is 0. The van der Waals surface area contributed by atoms with Crippen molar-refractivity contribution in [2.24, 2.45) is 0 Å². The lowest BCUT2D eigenvalue weighted by Crippen LogP contribution is -2.27. The van der Waals surface area contributed by atoms with E-state index < -0.39 is 16.0 Å². The molecule has 0 saturated heterocycles. The smallest absolute Gasteiger partial charge is 0.349 e. The standard InChI is InChI=1S/C16H19NO4S2/c1-11-5-6-13(12(2)9-11)10-17(3)23(19,20)14-7-8-22-15(14)16(18)21-4/h5-9H,10H2,1-4H3. The summed E-state index contributed by atoms with van der Waals surface area (Å²) >= 11 is 1.06. The van der Waals surface area contributed by atoms with Gasteiger partial charge in [-0.25, -0.2) is 13.2 Å². The Hall–Kier alpha value is -1.70. The molecule has 0 spiro atoms. The van der Waals surface area contributed by atoms with E-state index in [1.165, 1.54) is 24.5 Å². The number of benzene rings is 1. The second-order valence-electron chi connectivity index (χ2n) is 5.30. The summed E-state index contributed by atoms with van der Waals surface area (Å²) in [6, 6.07) is 7.32. The Labute approximate surface area is 140 Å². The van der Waals surface area contributed by atoms with E-state index in [4.69, 9.17) is 0 Å². The van der Waals surface area contributed by atoms with Gasteiger partial charge in [-0.05, 0) is 36.4 Å². The van der Waals surface area contributed by atoms with Crippen molar-refractivity contribution < 1.29 is 17.9 Å². The van der Waals surface area contributed by atoms with E-state index in [-0.39, 0.29) is 16.3 Å². The van der Waals surface area contributed by atoms with Crippen LogP contribution in [0.3, 0.4) is 0 Å². The van der Waals surface area contributed by atoms with Gasteiger partial charge in [0.1, 0.15) is 9.77 Å². The van der Waals surface area contributed by atoms with Gasteiger partial charge in [0.05, 0.1) is 7.11 Å². The predicted molar refractivity (Wildman–Crippen MR) is 90.2 cm³/mol. The minimum Gasteiger partial charge on any atom is -0.465 e. The second kappa shape index (κ2) is 6.82. The number of nitrogens with zero attached hydrogens (tertiary/aromatic N) is 1. The number of rotatable bonds is 5. The van der Waals surface area contributed by atoms with Gasteiger partial charge in [-0.2, -0.15) is 4.31 Å². The number of carbonyl (C=O) groups is 1. The van der Waals surface area contributed by atoms with Gasteiger partial charge in [-0.1, -0.05) is 23.8 Å². The molecular formula is C16H19NO4S2. The zero-order chi connectivity index (χ0) is 17.2. The molecule has 0 radical (unpaired) electrons. The highest BCUT2D eigenvalue weighted by atomic mass is 32.2. The van der Waals surface area contributed by atoms with Gasteiger partial charge in [-0.15, -0.1) is 11.3 Å². The molecule has 124 valence electrons. The van der Waals surface area contributed by atoms with Crippen LogP contribution in [0.25, 0.3) is 0 Å². The maximum absolute atomic E-state index is 12.7. The Bertz CT molecular complexity index is 824. The van der Waals surface area contributed by atoms with Crippen LogP contribution in [0.15, 0.2) is 34.5 Å². The van der Waals surface area contributed by atoms with E-state index in [0.29, 0.717) is 0 Å². The fourth-order valence-corrected chi connectivity index (χ4v) is 4.71. The van der Waals surface area contributed by atoms with Crippen molar-refractivity contribution in [3.63, 3.8) is 0 Å². The Kier molecular flexibility index (Phi) is 5.23. The highest BCUT2D eigenvalue weighted by Gasteiger charge is 2.28. The molecule has 1 aromatic heterocycles. The average molecular weight is 353 g/mol. The van der Waals surface area contributed by atoms with E-state index in [0.717, 1.165) is 28.0 Å². The molecule has 0 aliphatic rings. The first-order valence-corrected chi connectivity index (χ1v) is 9.27. The SMILES string of the molecule is COC(=O)c1sccc1S(=O)(=O)N(C)Cc1ccc(C)cc1C. The number of aryl methyl sites for hydroxylation is 2. The Balaban J connectivity index is 2.33. The maximum atomic E-state index is 12.7. The van der Waals surface area contributed by atoms with Crippen molar-refractivity contribution in [3.8, 4) is 0 Å². The van der Waals surface area contributed by atoms with E-state index in [2.05, 4.69) is 4.74 Å². The first-order valence-electron chi connectivity index (χ1n) is 6.95. The summed E-state index contributed by atoms with van der Waals surface area (Å²) in [6.45, 7) is 4.18. The van der Waals surface area contributed by atoms with Crippen LogP contribution in [0.2, 0.25) is 0 Å². The second-order valence-corrected chi connectivity index (χ2v) is 8.23. The molecule has 5 nitrogen and oxygen atoms in total. The molecule has 0 fully saturated rings. The number of ether oxygens (including phenoxy) is 1. The number of sulfonamides is 1. The highest BCUT2D eigenvalue weighted by Crippen LogP contribution is 2.26. The van der Waals surface area contributed by atoms with Crippen molar-refractivity contribution in [2.45, 2.75) is 25.3 Å². The molecule has 2 rings (SSSR count). The van der Waals surface area contributed by atoms with Crippen LogP contribution in [-0.2, 0) is 21.3 Å². The van der Waals surface area contributed by atoms with Gasteiger partial charge in [-0.3, -0.25) is 0 Å². The summed E-state index contributed by atoms with van der Waals surface area (Å²) in [5.41, 5.74) is 3.09. The van der Waals surface area contributed by atoms with Crippen molar-refractivity contribution >= 4 is 27.3 Å². The summed E-state index contributed by atoms with van der Waals surface area (Å²) in [4.78, 5) is 11.8. The zero-order valence-electron chi connectivity index (χ0n) is 13.5. The van der Waals surface area contributed by atoms with E-state index in [1.54, 1.807) is 5.38 Å². The number of methoxy groups -OCH3 is 1. The zero-order valence-corrected chi connectivity index (χ0v) is 15.1. The van der Waals surface area contributed by atoms with Crippen LogP contribution < -0.4 is 0 Å². The van der Waals surface area contributed by atoms with Crippen LogP contribution in [0, 0.1) is 13.8 Å². The number of esters is 1. The third kappa shape index (κ3) is 3.63. The van der Waals surface area contributed by atoms with Gasteiger partial charge < -0.3 is 4.74 Å². The first kappa shape index (κ1) is 17.7. The molecule has 0 saturated carbocycles. The van der Waals surface area contributed by atoms with Gasteiger partial charge in [0.2, 0.25) is 10.0 Å². The molecule has 0 N–H and O–H groups in total. The summed E-state index contributed by atoms with van der Waals surface area (Å²) < 4.78 is 31.4. The fraction of sp³-hybridized carbons (Fsp3) is 0.312. The molecule has 0 amide bonds. The normalized spacial score (nSPS) is 11.7. The van der Waals surface area contributed by atoms with Crippen molar-refractivity contribution in [1.29, 1.82) is 0 Å². The number of carbonyl (C=O) groups excluding carboxylic acids is 1. The Morgan fingerprint density at radius 2 is 1.96 bits per heavy atom. The van der Waals surface area contributed by atoms with Gasteiger partial charge >= 0.3 is 5.97 Å². The minimum atomic E-state index is -3.76. The third-order valence-corrected chi connectivity index (χ3v) is 6.45. The molecular weight excluding hydrogens is 334 g/mol. The Morgan fingerprint density at radius 3 is 2.57 bits per heavy atom. The molecule has 7 heteroatoms. The van der Waals surface area contributed by atoms with Crippen LogP contribution in [0.5, 0.6) is 0 Å². The van der Waals surface area contributed by atoms with Crippen LogP contribution >= 0.6 is 11.3 Å². The topological polar surface area (TPSA) is 63.7 Å². The quantitative estimate of drug-likeness (QED) is 0.775. The van der Waals surface area contributed by atoms with Crippen LogP contribution in [0.4, 0.5) is 0 Å². The predicted octanol–water partition coefficient (Wildman–Crippen LogP) is 2.97. The molecule has 0 bridgehead atoms. The first-order chi connectivity index (χ1) is 10.8. The lowest BCUT2D eigenvalue weighted by molar-refractivity contribution is 0.0602. The van der Waals surface area contributed by atoms with Gasteiger partial charge in [0, 0.05) is 13.6 Å². The summed E-state index contributed by atoms with van der Waals surface area (Å²) in [5.74, 6) is -0.640. The fourth-order valence-electron chi connectivity index (χ4n) is 2.26. The molecule has 0 atom stereocenters. The Morgan fingerprint density at radius 1 is 1.26 bits per heavy atom. The number of thiophene rings is 1. The van der Waals surface area contributed by atoms with Crippen LogP contribution in [-0.4, -0.2) is 32.8 Å². The lowest BCUT2D eigenvalue weighted by atomic mass is 10.1. The number of hydrogen-bond acceptors (Lipinski definition) is 5. The van der Waals surface area contributed by atoms with E-state index in [1.807, 2.05) is 32.0 Å². The van der Waals surface area contributed by atoms with Gasteiger partial charge in [0.25, 0.3) is 0 Å². The van der Waals surface area contributed by atoms with E-state index >= 15 is 0 Å². The van der Waals surface area contributed by atoms with Crippen molar-refractivity contribution in [3.05, 3.63) is 51.2 Å². The summed E-state index contributed by atoms with van der Waals surface area (Å²) in [5, 5.41) is 1.57. The molecule has 0 aliphatic heterocycles. The van der Waals surface area contributed by atoms with Crippen LogP contribution in [0.1, 0.15) is 26.4 Å². The molecule has 2 aromatic rings. The highest BCUT2D eigenvalue weighted by molar-refractivity contribution is 7.89. The lowest BCUT2D eigenvalue weighted by Gasteiger charge is -2.18. The van der Waals surface area contributed by atoms with E-state index in [9.17, 15) is 13.2 Å². The molecule has 0 aliphatic carbocycles. The third-order valence-electron chi connectivity index (χ3n) is 3.58. The minimum absolute atomic E-state index is 0.0124. The molecule has 23 heavy (non-hydrogen) atoms. The van der Waals surface area contributed by atoms with Crippen molar-refractivity contribution in [2.75, 3.05) is 14.2 Å².